The lowest BCUT2D eigenvalue weighted by atomic mass is 10.2. The van der Waals surface area contributed by atoms with Crippen molar-refractivity contribution in [1.29, 1.82) is 0 Å². The summed E-state index contributed by atoms with van der Waals surface area (Å²) in [5.41, 5.74) is 2.36. The molecule has 0 aliphatic heterocycles. The predicted octanol–water partition coefficient (Wildman–Crippen LogP) is 1.59. The van der Waals surface area contributed by atoms with E-state index in [2.05, 4.69) is 22.5 Å². The molecule has 0 saturated carbocycles. The number of rotatable bonds is 3. The van der Waals surface area contributed by atoms with E-state index in [1.165, 1.54) is 5.56 Å². The fourth-order valence-electron chi connectivity index (χ4n) is 1.43. The molecule has 1 heterocycles. The normalized spacial score (nSPS) is 10.4. The van der Waals surface area contributed by atoms with Gasteiger partial charge in [-0.25, -0.2) is 4.68 Å². The quantitative estimate of drug-likeness (QED) is 0.790. The van der Waals surface area contributed by atoms with Gasteiger partial charge in [0.25, 0.3) is 0 Å². The molecule has 1 aromatic carbocycles. The van der Waals surface area contributed by atoms with Crippen molar-refractivity contribution in [1.82, 2.24) is 15.1 Å². The van der Waals surface area contributed by atoms with Gasteiger partial charge in [-0.1, -0.05) is 12.1 Å². The Bertz CT molecular complexity index is 393. The third kappa shape index (κ3) is 1.83. The molecule has 3 nitrogen and oxygen atoms in total. The van der Waals surface area contributed by atoms with Crippen LogP contribution in [0.4, 0.5) is 0 Å². The average Bonchev–Trinajstić information content (AvgIpc) is 2.71. The Balaban J connectivity index is 2.31. The molecule has 0 radical (unpaired) electrons. The van der Waals surface area contributed by atoms with Gasteiger partial charge in [0.2, 0.25) is 0 Å². The van der Waals surface area contributed by atoms with Crippen LogP contribution in [0.5, 0.6) is 0 Å². The molecule has 0 atom stereocenters. The first-order valence-corrected chi connectivity index (χ1v) is 4.64. The highest BCUT2D eigenvalue weighted by Gasteiger charge is 1.96. The van der Waals surface area contributed by atoms with Crippen LogP contribution < -0.4 is 5.32 Å². The predicted molar refractivity (Wildman–Crippen MR) is 56.3 cm³/mol. The van der Waals surface area contributed by atoms with Gasteiger partial charge in [0.1, 0.15) is 0 Å². The maximum Gasteiger partial charge on any atom is 0.0648 e. The molecule has 1 N–H and O–H groups in total. The smallest absolute Gasteiger partial charge is 0.0648 e. The summed E-state index contributed by atoms with van der Waals surface area (Å²) in [7, 11) is 1.95. The van der Waals surface area contributed by atoms with Crippen molar-refractivity contribution in [2.75, 3.05) is 7.05 Å². The van der Waals surface area contributed by atoms with E-state index in [0.717, 1.165) is 12.2 Å². The minimum Gasteiger partial charge on any atom is -0.316 e. The Morgan fingerprint density at radius 3 is 3.00 bits per heavy atom. The van der Waals surface area contributed by atoms with Crippen LogP contribution in [-0.2, 0) is 6.54 Å². The van der Waals surface area contributed by atoms with Crippen molar-refractivity contribution in [3.05, 3.63) is 48.3 Å². The zero-order chi connectivity index (χ0) is 9.80. The molecule has 2 aromatic rings. The van der Waals surface area contributed by atoms with E-state index in [9.17, 15) is 0 Å². The monoisotopic (exact) mass is 187 g/mol. The Morgan fingerprint density at radius 2 is 2.29 bits per heavy atom. The second-order valence-corrected chi connectivity index (χ2v) is 3.15. The van der Waals surface area contributed by atoms with E-state index < -0.39 is 0 Å². The number of nitrogens with one attached hydrogen (secondary N) is 1. The molecule has 0 aliphatic rings. The average molecular weight is 187 g/mol. The Kier molecular flexibility index (Phi) is 2.60. The van der Waals surface area contributed by atoms with Crippen LogP contribution in [0.15, 0.2) is 42.7 Å². The summed E-state index contributed by atoms with van der Waals surface area (Å²) in [6.45, 7) is 0.884. The minimum atomic E-state index is 0.884. The minimum absolute atomic E-state index is 0.884. The number of nitrogens with zero attached hydrogens (tertiary/aromatic N) is 2. The lowest BCUT2D eigenvalue weighted by Crippen LogP contribution is -2.05. The summed E-state index contributed by atoms with van der Waals surface area (Å²) in [4.78, 5) is 0. The lowest BCUT2D eigenvalue weighted by molar-refractivity contribution is 0.811. The van der Waals surface area contributed by atoms with Gasteiger partial charge in [0, 0.05) is 18.9 Å². The number of hydrogen-bond donors (Lipinski definition) is 1. The van der Waals surface area contributed by atoms with Crippen LogP contribution in [0.25, 0.3) is 5.69 Å². The van der Waals surface area contributed by atoms with Crippen molar-refractivity contribution in [2.24, 2.45) is 0 Å². The van der Waals surface area contributed by atoms with Crippen LogP contribution in [0.1, 0.15) is 5.56 Å². The van der Waals surface area contributed by atoms with Gasteiger partial charge in [-0.15, -0.1) is 0 Å². The van der Waals surface area contributed by atoms with Crippen LogP contribution in [0.3, 0.4) is 0 Å². The van der Waals surface area contributed by atoms with Crippen LogP contribution >= 0.6 is 0 Å². The van der Waals surface area contributed by atoms with E-state index in [4.69, 9.17) is 0 Å². The largest absolute Gasteiger partial charge is 0.316 e. The molecule has 0 bridgehead atoms. The first kappa shape index (κ1) is 8.97. The Morgan fingerprint density at radius 1 is 1.36 bits per heavy atom. The van der Waals surface area contributed by atoms with E-state index >= 15 is 0 Å². The van der Waals surface area contributed by atoms with Gasteiger partial charge in [-0.3, -0.25) is 0 Å². The zero-order valence-electron chi connectivity index (χ0n) is 8.14. The van der Waals surface area contributed by atoms with Crippen LogP contribution in [0, 0.1) is 0 Å². The highest BCUT2D eigenvalue weighted by Crippen LogP contribution is 2.08. The van der Waals surface area contributed by atoms with E-state index in [1.54, 1.807) is 6.20 Å². The molecule has 1 aromatic heterocycles. The summed E-state index contributed by atoms with van der Waals surface area (Å²) >= 11 is 0. The highest BCUT2D eigenvalue weighted by molar-refractivity contribution is 5.34. The molecule has 2 rings (SSSR count). The van der Waals surface area contributed by atoms with Crippen LogP contribution in [0.2, 0.25) is 0 Å². The van der Waals surface area contributed by atoms with Gasteiger partial charge >= 0.3 is 0 Å². The van der Waals surface area contributed by atoms with Crippen molar-refractivity contribution in [3.8, 4) is 5.69 Å². The van der Waals surface area contributed by atoms with Crippen molar-refractivity contribution < 1.29 is 0 Å². The van der Waals surface area contributed by atoms with Gasteiger partial charge < -0.3 is 5.32 Å². The van der Waals surface area contributed by atoms with E-state index in [1.807, 2.05) is 36.1 Å². The number of hydrogen-bond acceptors (Lipinski definition) is 2. The highest BCUT2D eigenvalue weighted by atomic mass is 15.3. The van der Waals surface area contributed by atoms with Crippen LogP contribution in [-0.4, -0.2) is 16.8 Å². The van der Waals surface area contributed by atoms with Gasteiger partial charge in [-0.2, -0.15) is 5.10 Å². The standard InChI is InChI=1S/C11H13N3/c1-12-9-10-4-2-5-11(8-10)14-7-3-6-13-14/h2-8,12H,9H2,1H3. The summed E-state index contributed by atoms with van der Waals surface area (Å²) in [6, 6.07) is 10.2. The summed E-state index contributed by atoms with van der Waals surface area (Å²) in [5, 5.41) is 7.31. The van der Waals surface area contributed by atoms with Gasteiger partial charge in [0.15, 0.2) is 0 Å². The molecule has 3 heteroatoms. The first-order valence-electron chi connectivity index (χ1n) is 4.64. The lowest BCUT2D eigenvalue weighted by Gasteiger charge is -2.04. The molecule has 0 amide bonds. The number of benzene rings is 1. The molecule has 0 unspecified atom stereocenters. The maximum absolute atomic E-state index is 4.18. The summed E-state index contributed by atoms with van der Waals surface area (Å²) in [6.07, 6.45) is 3.73. The molecule has 0 aliphatic carbocycles. The van der Waals surface area contributed by atoms with Gasteiger partial charge in [-0.05, 0) is 30.8 Å². The molecule has 0 saturated heterocycles. The Labute approximate surface area is 83.4 Å². The topological polar surface area (TPSA) is 29.9 Å². The Hall–Kier alpha value is -1.61. The zero-order valence-corrected chi connectivity index (χ0v) is 8.14. The maximum atomic E-state index is 4.18. The SMILES string of the molecule is CNCc1cccc(-n2cccn2)c1. The summed E-state index contributed by atoms with van der Waals surface area (Å²) in [5.74, 6) is 0. The molecule has 0 spiro atoms. The first-order chi connectivity index (χ1) is 6.90. The molecule has 0 fully saturated rings. The van der Waals surface area contributed by atoms with Crippen molar-refractivity contribution in [2.45, 2.75) is 6.54 Å². The summed E-state index contributed by atoms with van der Waals surface area (Å²) < 4.78 is 1.86. The van der Waals surface area contributed by atoms with E-state index in [-0.39, 0.29) is 0 Å². The molecular formula is C11H13N3. The third-order valence-corrected chi connectivity index (χ3v) is 2.06. The van der Waals surface area contributed by atoms with Crippen molar-refractivity contribution >= 4 is 0 Å². The van der Waals surface area contributed by atoms with E-state index in [0.29, 0.717) is 0 Å². The third-order valence-electron chi connectivity index (χ3n) is 2.06. The van der Waals surface area contributed by atoms with Gasteiger partial charge in [0.05, 0.1) is 5.69 Å². The molecular weight excluding hydrogens is 174 g/mol. The van der Waals surface area contributed by atoms with Crippen molar-refractivity contribution in [3.63, 3.8) is 0 Å². The fraction of sp³-hybridized carbons (Fsp3) is 0.182. The fourth-order valence-corrected chi connectivity index (χ4v) is 1.43. The molecule has 72 valence electrons. The molecule has 14 heavy (non-hydrogen) atoms. The second-order valence-electron chi connectivity index (χ2n) is 3.15. The second kappa shape index (κ2) is 4.07. The number of aromatic nitrogens is 2.